The third-order valence-corrected chi connectivity index (χ3v) is 6.86. The molecule has 0 N–H and O–H groups in total. The number of fused-ring (bicyclic) bond motifs is 1. The van der Waals surface area contributed by atoms with Crippen molar-refractivity contribution >= 4 is 17.9 Å². The van der Waals surface area contributed by atoms with Gasteiger partial charge in [-0.25, -0.2) is 14.4 Å². The van der Waals surface area contributed by atoms with Crippen LogP contribution in [-0.2, 0) is 39.8 Å². The summed E-state index contributed by atoms with van der Waals surface area (Å²) in [5.74, 6) is -2.59. The van der Waals surface area contributed by atoms with E-state index in [-0.39, 0.29) is 13.2 Å². The number of benzene rings is 3. The molecular weight excluding hydrogens is 544 g/mol. The zero-order valence-corrected chi connectivity index (χ0v) is 23.5. The average Bonchev–Trinajstić information content (AvgIpc) is 3.35. The molecule has 0 aromatic heterocycles. The van der Waals surface area contributed by atoms with Gasteiger partial charge < -0.3 is 33.2 Å². The topological polar surface area (TPSA) is 116 Å². The molecular formula is C32H32O10. The van der Waals surface area contributed by atoms with E-state index in [2.05, 4.69) is 0 Å². The highest BCUT2D eigenvalue weighted by Gasteiger charge is 2.57. The predicted molar refractivity (Wildman–Crippen MR) is 147 cm³/mol. The van der Waals surface area contributed by atoms with E-state index in [0.717, 1.165) is 5.56 Å². The third kappa shape index (κ3) is 6.85. The molecule has 5 rings (SSSR count). The summed E-state index contributed by atoms with van der Waals surface area (Å²) in [7, 11) is 1.31. The SMILES string of the molecule is COC(=O)c1ccc(CO[C@H]2O[C@H](COC(=O)c3ccccc3)[C@@H]3OC(C)(C)O[C@@H]3[C@H]2OC(=O)c2ccccc2)cc1. The van der Waals surface area contributed by atoms with Gasteiger partial charge in [-0.05, 0) is 55.8 Å². The Bertz CT molecular complexity index is 1370. The van der Waals surface area contributed by atoms with E-state index in [1.165, 1.54) is 7.11 Å². The molecule has 3 aromatic rings. The van der Waals surface area contributed by atoms with Crippen LogP contribution in [-0.4, -0.2) is 68.1 Å². The lowest BCUT2D eigenvalue weighted by atomic mass is 9.99. The van der Waals surface area contributed by atoms with Crippen molar-refractivity contribution < 1.29 is 47.5 Å². The predicted octanol–water partition coefficient (Wildman–Crippen LogP) is 4.32. The van der Waals surface area contributed by atoms with E-state index in [0.29, 0.717) is 16.7 Å². The maximum Gasteiger partial charge on any atom is 0.338 e. The molecule has 0 bridgehead atoms. The van der Waals surface area contributed by atoms with Gasteiger partial charge in [0, 0.05) is 0 Å². The van der Waals surface area contributed by atoms with Crippen LogP contribution in [0.2, 0.25) is 0 Å². The second-order valence-electron chi connectivity index (χ2n) is 10.3. The van der Waals surface area contributed by atoms with Gasteiger partial charge in [0.25, 0.3) is 0 Å². The first kappa shape index (κ1) is 29.4. The standard InChI is InChI=1S/C32H32O10/c1-32(2)41-25-24(19-37-29(34)21-10-6-4-7-11-21)39-31(38-18-20-14-16-23(17-15-20)28(33)36-3)27(26(25)42-32)40-30(35)22-12-8-5-9-13-22/h4-17,24-27,31H,18-19H2,1-3H3/t24-,25+,26+,27-,31+/m1/s1. The normalized spacial score (nSPS) is 24.3. The van der Waals surface area contributed by atoms with Gasteiger partial charge >= 0.3 is 17.9 Å². The van der Waals surface area contributed by atoms with Crippen LogP contribution >= 0.6 is 0 Å². The fourth-order valence-electron chi connectivity index (χ4n) is 4.85. The number of rotatable bonds is 9. The minimum atomic E-state index is -1.10. The summed E-state index contributed by atoms with van der Waals surface area (Å²) in [5, 5.41) is 0. The molecule has 3 aromatic carbocycles. The van der Waals surface area contributed by atoms with E-state index in [1.807, 2.05) is 0 Å². The summed E-state index contributed by atoms with van der Waals surface area (Å²) in [6, 6.07) is 23.8. The highest BCUT2D eigenvalue weighted by atomic mass is 16.8. The Labute approximate surface area is 243 Å². The van der Waals surface area contributed by atoms with Crippen molar-refractivity contribution in [3.8, 4) is 0 Å². The van der Waals surface area contributed by atoms with Crippen LogP contribution in [0.3, 0.4) is 0 Å². The van der Waals surface area contributed by atoms with Crippen LogP contribution in [0.15, 0.2) is 84.9 Å². The van der Waals surface area contributed by atoms with Crippen LogP contribution in [0.25, 0.3) is 0 Å². The zero-order chi connectivity index (χ0) is 29.7. The molecule has 0 saturated carbocycles. The fraction of sp³-hybridized carbons (Fsp3) is 0.344. The lowest BCUT2D eigenvalue weighted by molar-refractivity contribution is -0.284. The highest BCUT2D eigenvalue weighted by Crippen LogP contribution is 2.39. The Morgan fingerprint density at radius 3 is 1.93 bits per heavy atom. The van der Waals surface area contributed by atoms with Crippen molar-refractivity contribution in [1.29, 1.82) is 0 Å². The Morgan fingerprint density at radius 1 is 0.738 bits per heavy atom. The Morgan fingerprint density at radius 2 is 1.31 bits per heavy atom. The molecule has 42 heavy (non-hydrogen) atoms. The summed E-state index contributed by atoms with van der Waals surface area (Å²) in [6.45, 7) is 3.39. The van der Waals surface area contributed by atoms with Gasteiger partial charge in [0.1, 0.15) is 24.9 Å². The number of esters is 3. The van der Waals surface area contributed by atoms with Gasteiger partial charge in [-0.1, -0.05) is 48.5 Å². The van der Waals surface area contributed by atoms with Gasteiger partial charge in [-0.15, -0.1) is 0 Å². The van der Waals surface area contributed by atoms with Crippen molar-refractivity contribution in [2.24, 2.45) is 0 Å². The van der Waals surface area contributed by atoms with Crippen molar-refractivity contribution in [2.75, 3.05) is 13.7 Å². The molecule has 0 unspecified atom stereocenters. The monoisotopic (exact) mass is 576 g/mol. The Balaban J connectivity index is 1.37. The van der Waals surface area contributed by atoms with Gasteiger partial charge in [0.15, 0.2) is 18.2 Å². The maximum atomic E-state index is 13.1. The quantitative estimate of drug-likeness (QED) is 0.269. The summed E-state index contributed by atoms with van der Waals surface area (Å²) in [5.41, 5.74) is 1.87. The van der Waals surface area contributed by atoms with Gasteiger partial charge in [-0.2, -0.15) is 0 Å². The lowest BCUT2D eigenvalue weighted by Crippen LogP contribution is -2.59. The summed E-state index contributed by atoms with van der Waals surface area (Å²) in [6.07, 6.45) is -4.41. The minimum absolute atomic E-state index is 0.0592. The molecule has 0 amide bonds. The number of hydrogen-bond donors (Lipinski definition) is 0. The van der Waals surface area contributed by atoms with E-state index in [9.17, 15) is 14.4 Å². The first-order valence-electron chi connectivity index (χ1n) is 13.5. The molecule has 2 heterocycles. The van der Waals surface area contributed by atoms with Gasteiger partial charge in [0.05, 0.1) is 30.4 Å². The number of ether oxygens (including phenoxy) is 7. The molecule has 10 heteroatoms. The van der Waals surface area contributed by atoms with Crippen LogP contribution in [0.4, 0.5) is 0 Å². The van der Waals surface area contributed by atoms with Crippen LogP contribution < -0.4 is 0 Å². The number of methoxy groups -OCH3 is 1. The van der Waals surface area contributed by atoms with Crippen LogP contribution in [0.5, 0.6) is 0 Å². The first-order valence-corrected chi connectivity index (χ1v) is 13.5. The summed E-state index contributed by atoms with van der Waals surface area (Å²) >= 11 is 0. The molecule has 0 spiro atoms. The Kier molecular flexibility index (Phi) is 8.98. The molecule has 2 aliphatic heterocycles. The van der Waals surface area contributed by atoms with Crippen LogP contribution in [0.1, 0.15) is 50.5 Å². The molecule has 5 atom stereocenters. The van der Waals surface area contributed by atoms with Crippen LogP contribution in [0, 0.1) is 0 Å². The van der Waals surface area contributed by atoms with E-state index in [1.54, 1.807) is 98.8 Å². The van der Waals surface area contributed by atoms with Gasteiger partial charge in [-0.3, -0.25) is 0 Å². The second-order valence-corrected chi connectivity index (χ2v) is 10.3. The molecule has 2 saturated heterocycles. The largest absolute Gasteiger partial charge is 0.465 e. The lowest BCUT2D eigenvalue weighted by Gasteiger charge is -2.41. The molecule has 220 valence electrons. The number of hydrogen-bond acceptors (Lipinski definition) is 10. The zero-order valence-electron chi connectivity index (χ0n) is 23.5. The van der Waals surface area contributed by atoms with Crippen molar-refractivity contribution in [1.82, 2.24) is 0 Å². The smallest absolute Gasteiger partial charge is 0.338 e. The maximum absolute atomic E-state index is 13.1. The fourth-order valence-corrected chi connectivity index (χ4v) is 4.85. The molecule has 10 nitrogen and oxygen atoms in total. The third-order valence-electron chi connectivity index (χ3n) is 6.86. The number of carbonyl (C=O) groups excluding carboxylic acids is 3. The first-order chi connectivity index (χ1) is 20.2. The summed E-state index contributed by atoms with van der Waals surface area (Å²) < 4.78 is 41.1. The highest BCUT2D eigenvalue weighted by molar-refractivity contribution is 5.90. The second kappa shape index (κ2) is 12.8. The molecule has 0 aliphatic carbocycles. The van der Waals surface area contributed by atoms with Crippen molar-refractivity contribution in [3.05, 3.63) is 107 Å². The average molecular weight is 577 g/mol. The summed E-state index contributed by atoms with van der Waals surface area (Å²) in [4.78, 5) is 37.6. The van der Waals surface area contributed by atoms with Crippen molar-refractivity contribution in [2.45, 2.75) is 56.9 Å². The minimum Gasteiger partial charge on any atom is -0.465 e. The van der Waals surface area contributed by atoms with E-state index >= 15 is 0 Å². The Hall–Kier alpha value is -4.09. The van der Waals surface area contributed by atoms with E-state index < -0.39 is 54.4 Å². The van der Waals surface area contributed by atoms with E-state index in [4.69, 9.17) is 33.2 Å². The molecule has 0 radical (unpaired) electrons. The molecule has 2 aliphatic rings. The molecule has 2 fully saturated rings. The number of carbonyl (C=O) groups is 3. The van der Waals surface area contributed by atoms with Gasteiger partial charge in [0.2, 0.25) is 0 Å². The van der Waals surface area contributed by atoms with Crippen molar-refractivity contribution in [3.63, 3.8) is 0 Å².